The zero-order valence-electron chi connectivity index (χ0n) is 11.8. The highest BCUT2D eigenvalue weighted by Gasteiger charge is 2.26. The van der Waals surface area contributed by atoms with Crippen molar-refractivity contribution >= 4 is 38.4 Å². The first-order valence-corrected chi connectivity index (χ1v) is 8.77. The van der Waals surface area contributed by atoms with Crippen LogP contribution in [-0.4, -0.2) is 32.4 Å². The Labute approximate surface area is 145 Å². The molecule has 122 valence electrons. The molecule has 1 heterocycles. The van der Waals surface area contributed by atoms with Crippen LogP contribution in [0.15, 0.2) is 56.6 Å². The third-order valence-electron chi connectivity index (χ3n) is 3.01. The Balaban J connectivity index is 0.00000242. The largest absolute Gasteiger partial charge is 0.437 e. The number of rotatable bonds is 7. The predicted molar refractivity (Wildman–Crippen MR) is 91.6 cm³/mol. The van der Waals surface area contributed by atoms with Gasteiger partial charge in [0.2, 0.25) is 5.09 Å². The molecule has 0 aliphatic heterocycles. The molecule has 1 aromatic carbocycles. The molecule has 5 nitrogen and oxygen atoms in total. The maximum atomic E-state index is 12.5. The summed E-state index contributed by atoms with van der Waals surface area (Å²) in [5, 5.41) is -0.0733. The van der Waals surface area contributed by atoms with Gasteiger partial charge in [0.1, 0.15) is 0 Å². The molecule has 22 heavy (non-hydrogen) atoms. The van der Waals surface area contributed by atoms with E-state index < -0.39 is 10.0 Å². The zero-order chi connectivity index (χ0) is 15.3. The van der Waals surface area contributed by atoms with Gasteiger partial charge in [-0.1, -0.05) is 30.3 Å². The second kappa shape index (κ2) is 8.69. The van der Waals surface area contributed by atoms with E-state index in [1.807, 2.05) is 30.3 Å². The topological polar surface area (TPSA) is 76.5 Å². The van der Waals surface area contributed by atoms with E-state index in [4.69, 9.17) is 10.2 Å². The lowest BCUT2D eigenvalue weighted by atomic mass is 10.1. The van der Waals surface area contributed by atoms with Crippen LogP contribution in [-0.2, 0) is 16.4 Å². The molecular weight excluding hydrogens is 392 g/mol. The van der Waals surface area contributed by atoms with E-state index in [0.717, 1.165) is 5.56 Å². The average Bonchev–Trinajstić information content (AvgIpc) is 2.92. The summed E-state index contributed by atoms with van der Waals surface area (Å²) < 4.78 is 31.9. The van der Waals surface area contributed by atoms with E-state index in [2.05, 4.69) is 15.9 Å². The molecular formula is C14H18BrClN2O3S. The molecule has 8 heteroatoms. The molecule has 1 aromatic heterocycles. The average molecular weight is 410 g/mol. The van der Waals surface area contributed by atoms with Crippen molar-refractivity contribution in [3.63, 3.8) is 0 Å². The molecule has 0 radical (unpaired) electrons. The molecule has 2 N–H and O–H groups in total. The van der Waals surface area contributed by atoms with Gasteiger partial charge in [0.15, 0.2) is 4.67 Å². The minimum atomic E-state index is -3.66. The van der Waals surface area contributed by atoms with E-state index in [9.17, 15) is 8.42 Å². The molecule has 2 rings (SSSR count). The molecule has 0 spiro atoms. The molecule has 0 saturated carbocycles. The van der Waals surface area contributed by atoms with E-state index >= 15 is 0 Å². The maximum absolute atomic E-state index is 12.5. The van der Waals surface area contributed by atoms with Crippen molar-refractivity contribution in [2.45, 2.75) is 11.5 Å². The van der Waals surface area contributed by atoms with Crippen molar-refractivity contribution in [3.8, 4) is 0 Å². The second-order valence-corrected chi connectivity index (χ2v) is 7.14. The van der Waals surface area contributed by atoms with Crippen molar-refractivity contribution in [2.75, 3.05) is 19.6 Å². The monoisotopic (exact) mass is 408 g/mol. The normalized spacial score (nSPS) is 11.4. The van der Waals surface area contributed by atoms with Crippen LogP contribution in [0, 0.1) is 0 Å². The van der Waals surface area contributed by atoms with Gasteiger partial charge >= 0.3 is 0 Å². The summed E-state index contributed by atoms with van der Waals surface area (Å²) in [6, 6.07) is 12.7. The van der Waals surface area contributed by atoms with Gasteiger partial charge in [-0.2, -0.15) is 4.31 Å². The van der Waals surface area contributed by atoms with Crippen LogP contribution in [0.4, 0.5) is 0 Å². The smallest absolute Gasteiger partial charge is 0.276 e. The van der Waals surface area contributed by atoms with Crippen LogP contribution in [0.3, 0.4) is 0 Å². The van der Waals surface area contributed by atoms with Crippen molar-refractivity contribution < 1.29 is 12.8 Å². The number of furan rings is 1. The van der Waals surface area contributed by atoms with E-state index in [1.165, 1.54) is 10.4 Å². The highest BCUT2D eigenvalue weighted by Crippen LogP contribution is 2.22. The highest BCUT2D eigenvalue weighted by molar-refractivity contribution is 9.10. The third kappa shape index (κ3) is 4.82. The SMILES string of the molecule is Cl.NCCN(CCc1ccccc1)S(=O)(=O)c1ccc(Br)o1. The number of halogens is 2. The van der Waals surface area contributed by atoms with Crippen LogP contribution < -0.4 is 5.73 Å². The van der Waals surface area contributed by atoms with Crippen molar-refractivity contribution in [1.29, 1.82) is 0 Å². The molecule has 0 unspecified atom stereocenters. The molecule has 2 aromatic rings. The fourth-order valence-electron chi connectivity index (χ4n) is 1.96. The first-order chi connectivity index (χ1) is 10.0. The van der Waals surface area contributed by atoms with Gasteiger partial charge in [-0.25, -0.2) is 8.42 Å². The number of sulfonamides is 1. The zero-order valence-corrected chi connectivity index (χ0v) is 15.0. The summed E-state index contributed by atoms with van der Waals surface area (Å²) in [7, 11) is -3.66. The van der Waals surface area contributed by atoms with Gasteiger partial charge in [0, 0.05) is 19.6 Å². The minimum Gasteiger partial charge on any atom is -0.437 e. The Morgan fingerprint density at radius 2 is 1.77 bits per heavy atom. The predicted octanol–water partition coefficient (Wildman–Crippen LogP) is 2.66. The third-order valence-corrected chi connectivity index (χ3v) is 5.21. The summed E-state index contributed by atoms with van der Waals surface area (Å²) >= 11 is 3.11. The van der Waals surface area contributed by atoms with Gasteiger partial charge < -0.3 is 10.2 Å². The van der Waals surface area contributed by atoms with Crippen molar-refractivity contribution in [2.24, 2.45) is 5.73 Å². The second-order valence-electron chi connectivity index (χ2n) is 4.49. The lowest BCUT2D eigenvalue weighted by Gasteiger charge is -2.20. The van der Waals surface area contributed by atoms with Crippen LogP contribution in [0.2, 0.25) is 0 Å². The van der Waals surface area contributed by atoms with Gasteiger partial charge in [0.25, 0.3) is 10.0 Å². The van der Waals surface area contributed by atoms with E-state index in [0.29, 0.717) is 17.6 Å². The first kappa shape index (κ1) is 19.2. The molecule has 0 aliphatic carbocycles. The molecule has 0 saturated heterocycles. The van der Waals surface area contributed by atoms with Crippen molar-refractivity contribution in [1.82, 2.24) is 4.31 Å². The summed E-state index contributed by atoms with van der Waals surface area (Å²) in [4.78, 5) is 0. The van der Waals surface area contributed by atoms with Gasteiger partial charge in [-0.15, -0.1) is 12.4 Å². The number of benzene rings is 1. The van der Waals surface area contributed by atoms with Crippen LogP contribution in [0.1, 0.15) is 5.56 Å². The summed E-state index contributed by atoms with van der Waals surface area (Å²) in [6.07, 6.45) is 0.627. The molecule has 0 amide bonds. The maximum Gasteiger partial charge on any atom is 0.276 e. The van der Waals surface area contributed by atoms with Gasteiger partial charge in [-0.05, 0) is 40.0 Å². The lowest BCUT2D eigenvalue weighted by molar-refractivity contribution is 0.378. The Morgan fingerprint density at radius 3 is 2.32 bits per heavy atom. The molecule has 0 aliphatic rings. The number of hydrogen-bond acceptors (Lipinski definition) is 4. The minimum absolute atomic E-state index is 0. The van der Waals surface area contributed by atoms with Crippen LogP contribution in [0.5, 0.6) is 0 Å². The Morgan fingerprint density at radius 1 is 1.09 bits per heavy atom. The van der Waals surface area contributed by atoms with E-state index in [1.54, 1.807) is 6.07 Å². The Hall–Kier alpha value is -0.860. The molecule has 0 bridgehead atoms. The summed E-state index contributed by atoms with van der Waals surface area (Å²) in [5.74, 6) is 0. The highest BCUT2D eigenvalue weighted by atomic mass is 79.9. The number of nitrogens with two attached hydrogens (primary N) is 1. The standard InChI is InChI=1S/C14H17BrN2O3S.ClH/c15-13-6-7-14(20-13)21(18,19)17(11-9-16)10-8-12-4-2-1-3-5-12;/h1-7H,8-11,16H2;1H. The van der Waals surface area contributed by atoms with Crippen molar-refractivity contribution in [3.05, 3.63) is 52.7 Å². The van der Waals surface area contributed by atoms with Gasteiger partial charge in [0.05, 0.1) is 0 Å². The summed E-state index contributed by atoms with van der Waals surface area (Å²) in [5.41, 5.74) is 6.61. The number of nitrogens with zero attached hydrogens (tertiary/aromatic N) is 1. The van der Waals surface area contributed by atoms with Crippen LogP contribution >= 0.6 is 28.3 Å². The molecule has 0 atom stereocenters. The van der Waals surface area contributed by atoms with Crippen LogP contribution in [0.25, 0.3) is 0 Å². The Bertz CT molecular complexity index is 676. The van der Waals surface area contributed by atoms with Gasteiger partial charge in [-0.3, -0.25) is 0 Å². The quantitative estimate of drug-likeness (QED) is 0.762. The number of hydrogen-bond donors (Lipinski definition) is 1. The lowest BCUT2D eigenvalue weighted by Crippen LogP contribution is -2.36. The summed E-state index contributed by atoms with van der Waals surface area (Å²) in [6.45, 7) is 0.880. The first-order valence-electron chi connectivity index (χ1n) is 6.53. The van der Waals surface area contributed by atoms with E-state index in [-0.39, 0.29) is 30.6 Å². The fourth-order valence-corrected chi connectivity index (χ4v) is 3.74. The molecule has 0 fully saturated rings. The fraction of sp³-hybridized carbons (Fsp3) is 0.286. The Kier molecular flexibility index (Phi) is 7.58.